The van der Waals surface area contributed by atoms with Gasteiger partial charge >= 0.3 is 0 Å². The van der Waals surface area contributed by atoms with Gasteiger partial charge < -0.3 is 5.73 Å². The fraction of sp³-hybridized carbons (Fsp3) is 0. The van der Waals surface area contributed by atoms with Crippen molar-refractivity contribution in [2.24, 2.45) is 0 Å². The van der Waals surface area contributed by atoms with Crippen molar-refractivity contribution >= 4 is 21.6 Å². The molecule has 3 N–H and O–H groups in total. The van der Waals surface area contributed by atoms with Crippen LogP contribution < -0.4 is 5.73 Å². The number of hydrogen-bond donors (Lipinski definition) is 1. The van der Waals surface area contributed by atoms with Gasteiger partial charge in [0.15, 0.2) is 0 Å². The van der Waals surface area contributed by atoms with Crippen molar-refractivity contribution in [3.8, 4) is 0 Å². The third kappa shape index (κ3) is 1.32. The quantitative estimate of drug-likeness (QED) is 0.612. The Bertz CT molecular complexity index is 147. The van der Waals surface area contributed by atoms with E-state index in [4.69, 9.17) is 0 Å². The van der Waals surface area contributed by atoms with Crippen molar-refractivity contribution in [1.29, 1.82) is 0 Å². The maximum atomic E-state index is 3.74. The molecular formula is C6H7BrN+. The van der Waals surface area contributed by atoms with Gasteiger partial charge in [-0.2, -0.15) is 0 Å². The van der Waals surface area contributed by atoms with Gasteiger partial charge in [-0.1, -0.05) is 15.9 Å². The van der Waals surface area contributed by atoms with Crippen LogP contribution in [0, 0.1) is 0 Å². The molecule has 0 saturated heterocycles. The fourth-order valence-corrected chi connectivity index (χ4v) is 0.749. The highest BCUT2D eigenvalue weighted by Gasteiger charge is 1.85. The lowest BCUT2D eigenvalue weighted by molar-refractivity contribution is -0.254. The second kappa shape index (κ2) is 2.29. The van der Waals surface area contributed by atoms with E-state index in [2.05, 4.69) is 21.7 Å². The highest BCUT2D eigenvalue weighted by Crippen LogP contribution is 2.09. The Balaban J connectivity index is 3.03. The maximum absolute atomic E-state index is 3.74. The van der Waals surface area contributed by atoms with Gasteiger partial charge in [0.05, 0.1) is 0 Å². The summed E-state index contributed by atoms with van der Waals surface area (Å²) in [6, 6.07) is 7.87. The highest BCUT2D eigenvalue weighted by atomic mass is 79.9. The molecule has 1 nitrogen and oxygen atoms in total. The summed E-state index contributed by atoms with van der Waals surface area (Å²) in [4.78, 5) is 0. The van der Waals surface area contributed by atoms with Gasteiger partial charge in [0.25, 0.3) is 0 Å². The second-order valence-electron chi connectivity index (χ2n) is 1.63. The van der Waals surface area contributed by atoms with E-state index in [-0.39, 0.29) is 0 Å². The Labute approximate surface area is 56.6 Å². The van der Waals surface area contributed by atoms with Crippen LogP contribution in [0.15, 0.2) is 28.7 Å². The van der Waals surface area contributed by atoms with E-state index in [1.54, 1.807) is 0 Å². The van der Waals surface area contributed by atoms with E-state index in [1.807, 2.05) is 24.3 Å². The molecule has 8 heavy (non-hydrogen) atoms. The van der Waals surface area contributed by atoms with Gasteiger partial charge in [0.1, 0.15) is 5.69 Å². The first-order chi connectivity index (χ1) is 3.79. The molecule has 0 amide bonds. The van der Waals surface area contributed by atoms with Crippen molar-refractivity contribution < 1.29 is 5.73 Å². The van der Waals surface area contributed by atoms with E-state index in [0.717, 1.165) is 10.2 Å². The van der Waals surface area contributed by atoms with Crippen molar-refractivity contribution in [3.63, 3.8) is 0 Å². The first kappa shape index (κ1) is 5.79. The average molecular weight is 173 g/mol. The number of quaternary nitrogens is 1. The van der Waals surface area contributed by atoms with E-state index in [9.17, 15) is 0 Å². The Kier molecular flexibility index (Phi) is 1.65. The van der Waals surface area contributed by atoms with Gasteiger partial charge in [-0.15, -0.1) is 0 Å². The van der Waals surface area contributed by atoms with Gasteiger partial charge in [-0.3, -0.25) is 0 Å². The molecule has 42 valence electrons. The van der Waals surface area contributed by atoms with Crippen LogP contribution in [0.1, 0.15) is 0 Å². The third-order valence-electron chi connectivity index (χ3n) is 0.913. The number of benzene rings is 1. The molecule has 0 unspecified atom stereocenters. The molecule has 0 atom stereocenters. The summed E-state index contributed by atoms with van der Waals surface area (Å²) in [5, 5.41) is 0. The van der Waals surface area contributed by atoms with Crippen molar-refractivity contribution in [3.05, 3.63) is 28.7 Å². The monoisotopic (exact) mass is 172 g/mol. The third-order valence-corrected chi connectivity index (χ3v) is 1.44. The molecule has 1 rings (SSSR count). The number of hydrogen-bond acceptors (Lipinski definition) is 0. The molecule has 2 heteroatoms. The Morgan fingerprint density at radius 3 is 2.00 bits per heavy atom. The van der Waals surface area contributed by atoms with Crippen LogP contribution in [0.5, 0.6) is 0 Å². The fourth-order valence-electron chi connectivity index (χ4n) is 0.484. The molecule has 1 aromatic rings. The standard InChI is InChI=1S/C6H6BrN/c7-5-1-3-6(8)4-2-5/h1-4H,8H2/p+1. The van der Waals surface area contributed by atoms with Gasteiger partial charge in [0, 0.05) is 4.47 Å². The zero-order valence-electron chi connectivity index (χ0n) is 4.39. The molecule has 0 aliphatic carbocycles. The minimum atomic E-state index is 1.05. The largest absolute Gasteiger partial charge is 0.325 e. The minimum Gasteiger partial charge on any atom is -0.325 e. The predicted octanol–water partition coefficient (Wildman–Crippen LogP) is 1.32. The highest BCUT2D eigenvalue weighted by molar-refractivity contribution is 9.10. The SMILES string of the molecule is [NH3+]c1ccc(Br)cc1. The zero-order valence-corrected chi connectivity index (χ0v) is 5.98. The molecule has 0 heterocycles. The van der Waals surface area contributed by atoms with Crippen LogP contribution in [0.3, 0.4) is 0 Å². The zero-order chi connectivity index (χ0) is 5.98. The van der Waals surface area contributed by atoms with E-state index in [1.165, 1.54) is 0 Å². The lowest BCUT2D eigenvalue weighted by Gasteiger charge is -1.85. The molecule has 0 aliphatic heterocycles. The number of halogens is 1. The van der Waals surface area contributed by atoms with E-state index in [0.29, 0.717) is 0 Å². The minimum absolute atomic E-state index is 1.05. The summed E-state index contributed by atoms with van der Waals surface area (Å²) in [6.07, 6.45) is 0. The van der Waals surface area contributed by atoms with Crippen LogP contribution in [0.4, 0.5) is 5.69 Å². The van der Waals surface area contributed by atoms with E-state index < -0.39 is 0 Å². The molecule has 0 aliphatic rings. The summed E-state index contributed by atoms with van der Waals surface area (Å²) in [7, 11) is 0. The van der Waals surface area contributed by atoms with E-state index >= 15 is 0 Å². The lowest BCUT2D eigenvalue weighted by Crippen LogP contribution is -2.39. The summed E-state index contributed by atoms with van der Waals surface area (Å²) >= 11 is 3.32. The summed E-state index contributed by atoms with van der Waals surface area (Å²) in [5.41, 5.74) is 4.79. The predicted molar refractivity (Wildman–Crippen MR) is 36.7 cm³/mol. The van der Waals surface area contributed by atoms with Crippen LogP contribution in [0.25, 0.3) is 0 Å². The topological polar surface area (TPSA) is 27.6 Å². The lowest BCUT2D eigenvalue weighted by atomic mass is 10.3. The van der Waals surface area contributed by atoms with Gasteiger partial charge in [0.2, 0.25) is 0 Å². The molecule has 0 radical (unpaired) electrons. The Morgan fingerprint density at radius 2 is 1.62 bits per heavy atom. The maximum Gasteiger partial charge on any atom is 0.127 e. The average Bonchev–Trinajstić information content (AvgIpc) is 1.77. The summed E-state index contributed by atoms with van der Waals surface area (Å²) in [5.74, 6) is 0. The van der Waals surface area contributed by atoms with Crippen LogP contribution in [0.2, 0.25) is 0 Å². The first-order valence-corrected chi connectivity index (χ1v) is 3.16. The normalized spacial score (nSPS) is 9.25. The smallest absolute Gasteiger partial charge is 0.127 e. The molecule has 0 saturated carbocycles. The molecule has 0 aromatic heterocycles. The van der Waals surface area contributed by atoms with Gasteiger partial charge in [-0.25, -0.2) is 0 Å². The van der Waals surface area contributed by atoms with Crippen LogP contribution in [-0.4, -0.2) is 0 Å². The van der Waals surface area contributed by atoms with Crippen molar-refractivity contribution in [1.82, 2.24) is 0 Å². The van der Waals surface area contributed by atoms with Crippen LogP contribution >= 0.6 is 15.9 Å². The van der Waals surface area contributed by atoms with Gasteiger partial charge in [-0.05, 0) is 24.3 Å². The molecule has 0 bridgehead atoms. The molecule has 0 fully saturated rings. The molecule has 0 spiro atoms. The Hall–Kier alpha value is -0.340. The van der Waals surface area contributed by atoms with Crippen molar-refractivity contribution in [2.45, 2.75) is 0 Å². The van der Waals surface area contributed by atoms with Crippen LogP contribution in [-0.2, 0) is 0 Å². The summed E-state index contributed by atoms with van der Waals surface area (Å²) in [6.45, 7) is 0. The molecule has 1 aromatic carbocycles. The second-order valence-corrected chi connectivity index (χ2v) is 2.54. The first-order valence-electron chi connectivity index (χ1n) is 2.36. The van der Waals surface area contributed by atoms with Crippen molar-refractivity contribution in [2.75, 3.05) is 0 Å². The number of rotatable bonds is 0. The molecular weight excluding hydrogens is 166 g/mol. The summed E-state index contributed by atoms with van der Waals surface area (Å²) < 4.78 is 1.10. The Morgan fingerprint density at radius 1 is 1.12 bits per heavy atom.